The molecule has 1 heterocycles. The van der Waals surface area contributed by atoms with Gasteiger partial charge in [-0.2, -0.15) is 0 Å². The topological polar surface area (TPSA) is 59.4 Å². The number of hydrogen-bond acceptors (Lipinski definition) is 4. The summed E-state index contributed by atoms with van der Waals surface area (Å²) in [5, 5.41) is 11.7. The molecule has 1 aromatic heterocycles. The summed E-state index contributed by atoms with van der Waals surface area (Å²) in [6, 6.07) is 3.24. The molecule has 0 atom stereocenters. The summed E-state index contributed by atoms with van der Waals surface area (Å²) in [5.41, 5.74) is 1.93. The first-order valence-corrected chi connectivity index (χ1v) is 6.31. The molecule has 0 saturated carbocycles. The molecule has 0 radical (unpaired) electrons. The molecule has 0 aliphatic rings. The van der Waals surface area contributed by atoms with Crippen molar-refractivity contribution in [3.63, 3.8) is 0 Å². The van der Waals surface area contributed by atoms with E-state index in [0.717, 1.165) is 21.9 Å². The molecule has 0 spiro atoms. The van der Waals surface area contributed by atoms with E-state index in [4.69, 9.17) is 9.84 Å². The predicted octanol–water partition coefficient (Wildman–Crippen LogP) is 3.04. The van der Waals surface area contributed by atoms with Gasteiger partial charge in [0.05, 0.1) is 5.56 Å². The van der Waals surface area contributed by atoms with Gasteiger partial charge in [-0.15, -0.1) is 11.3 Å². The van der Waals surface area contributed by atoms with Gasteiger partial charge in [0.25, 0.3) is 0 Å². The maximum Gasteiger partial charge on any atom is 0.335 e. The van der Waals surface area contributed by atoms with Crippen molar-refractivity contribution >= 4 is 17.3 Å². The second-order valence-corrected chi connectivity index (χ2v) is 4.94. The van der Waals surface area contributed by atoms with E-state index in [1.165, 1.54) is 11.3 Å². The Kier molecular flexibility index (Phi) is 3.62. The van der Waals surface area contributed by atoms with Gasteiger partial charge in [-0.3, -0.25) is 0 Å². The quantitative estimate of drug-likeness (QED) is 0.921. The average molecular weight is 263 g/mol. The lowest BCUT2D eigenvalue weighted by atomic mass is 10.1. The van der Waals surface area contributed by atoms with Crippen molar-refractivity contribution in [2.45, 2.75) is 20.5 Å². The lowest BCUT2D eigenvalue weighted by Gasteiger charge is -2.12. The molecular formula is C13H13NO3S. The Balaban J connectivity index is 2.20. The number of nitrogens with zero attached hydrogens (tertiary/aromatic N) is 1. The van der Waals surface area contributed by atoms with Crippen molar-refractivity contribution in [3.8, 4) is 5.75 Å². The number of benzene rings is 1. The number of hydrogen-bond donors (Lipinski definition) is 1. The summed E-state index contributed by atoms with van der Waals surface area (Å²) >= 11 is 1.53. The van der Waals surface area contributed by atoms with Gasteiger partial charge in [-0.25, -0.2) is 9.78 Å². The Bertz CT molecular complexity index is 541. The molecule has 5 heteroatoms. The van der Waals surface area contributed by atoms with Crippen LogP contribution >= 0.6 is 11.3 Å². The molecule has 1 N–H and O–H groups in total. The highest BCUT2D eigenvalue weighted by Crippen LogP contribution is 2.26. The predicted molar refractivity (Wildman–Crippen MR) is 69.3 cm³/mol. The Morgan fingerprint density at radius 1 is 1.39 bits per heavy atom. The van der Waals surface area contributed by atoms with Gasteiger partial charge >= 0.3 is 5.97 Å². The Morgan fingerprint density at radius 3 is 2.56 bits per heavy atom. The first-order chi connectivity index (χ1) is 8.58. The third-order valence-corrected chi connectivity index (χ3v) is 3.28. The maximum absolute atomic E-state index is 10.9. The van der Waals surface area contributed by atoms with Gasteiger partial charge < -0.3 is 9.84 Å². The molecule has 18 heavy (non-hydrogen) atoms. The van der Waals surface area contributed by atoms with E-state index in [1.807, 2.05) is 19.2 Å². The molecule has 0 bridgehead atoms. The molecule has 2 aromatic rings. The largest absolute Gasteiger partial charge is 0.486 e. The van der Waals surface area contributed by atoms with Crippen molar-refractivity contribution in [1.29, 1.82) is 0 Å². The van der Waals surface area contributed by atoms with Crippen molar-refractivity contribution in [3.05, 3.63) is 45.4 Å². The first kappa shape index (κ1) is 12.6. The summed E-state index contributed by atoms with van der Waals surface area (Å²) in [6.45, 7) is 4.10. The third-order valence-electron chi connectivity index (χ3n) is 2.53. The smallest absolute Gasteiger partial charge is 0.335 e. The van der Waals surface area contributed by atoms with E-state index in [2.05, 4.69) is 4.98 Å². The molecule has 0 saturated heterocycles. The van der Waals surface area contributed by atoms with Crippen LogP contribution in [0.5, 0.6) is 5.75 Å². The van der Waals surface area contributed by atoms with Crippen molar-refractivity contribution < 1.29 is 14.6 Å². The van der Waals surface area contributed by atoms with Crippen molar-refractivity contribution in [2.75, 3.05) is 0 Å². The van der Waals surface area contributed by atoms with Crippen LogP contribution in [0.4, 0.5) is 0 Å². The number of aryl methyl sites for hydroxylation is 2. The number of carboxylic acid groups (broad SMARTS) is 1. The zero-order valence-electron chi connectivity index (χ0n) is 10.1. The number of rotatable bonds is 4. The highest BCUT2D eigenvalue weighted by molar-refractivity contribution is 7.09. The SMILES string of the molecule is Cc1cc(C(=O)O)cc(C)c1OCc1nccs1. The Labute approximate surface area is 109 Å². The highest BCUT2D eigenvalue weighted by Gasteiger charge is 2.11. The van der Waals surface area contributed by atoms with E-state index in [1.54, 1.807) is 18.3 Å². The van der Waals surface area contributed by atoms with Gasteiger partial charge in [-0.05, 0) is 37.1 Å². The van der Waals surface area contributed by atoms with Gasteiger partial charge in [0.15, 0.2) is 0 Å². The molecule has 4 nitrogen and oxygen atoms in total. The molecule has 0 fully saturated rings. The van der Waals surface area contributed by atoms with Crippen molar-refractivity contribution in [2.24, 2.45) is 0 Å². The Morgan fingerprint density at radius 2 is 2.06 bits per heavy atom. The summed E-state index contributed by atoms with van der Waals surface area (Å²) < 4.78 is 5.70. The fourth-order valence-corrected chi connectivity index (χ4v) is 2.29. The molecule has 94 valence electrons. The summed E-state index contributed by atoms with van der Waals surface area (Å²) in [7, 11) is 0. The van der Waals surface area contributed by atoms with E-state index in [0.29, 0.717) is 6.61 Å². The molecule has 2 rings (SSSR count). The lowest BCUT2D eigenvalue weighted by molar-refractivity contribution is 0.0696. The van der Waals surface area contributed by atoms with E-state index >= 15 is 0 Å². The summed E-state index contributed by atoms with van der Waals surface area (Å²) in [5.74, 6) is -0.192. The number of ether oxygens (including phenoxy) is 1. The van der Waals surface area contributed by atoms with Gasteiger partial charge in [0.1, 0.15) is 17.4 Å². The minimum atomic E-state index is -0.923. The molecule has 0 aliphatic heterocycles. The third kappa shape index (κ3) is 2.68. The summed E-state index contributed by atoms with van der Waals surface area (Å²) in [6.07, 6.45) is 1.73. The summed E-state index contributed by atoms with van der Waals surface area (Å²) in [4.78, 5) is 15.0. The molecular weight excluding hydrogens is 250 g/mol. The number of thiazole rings is 1. The fourth-order valence-electron chi connectivity index (χ4n) is 1.76. The molecule has 0 amide bonds. The number of carbonyl (C=O) groups is 1. The minimum Gasteiger partial charge on any atom is -0.486 e. The second kappa shape index (κ2) is 5.18. The van der Waals surface area contributed by atoms with Crippen LogP contribution in [0.3, 0.4) is 0 Å². The Hall–Kier alpha value is -1.88. The lowest BCUT2D eigenvalue weighted by Crippen LogP contribution is -2.02. The average Bonchev–Trinajstić information content (AvgIpc) is 2.80. The minimum absolute atomic E-state index is 0.284. The van der Waals surface area contributed by atoms with Gasteiger partial charge in [0.2, 0.25) is 0 Å². The van der Waals surface area contributed by atoms with Crippen LogP contribution in [0.25, 0.3) is 0 Å². The van der Waals surface area contributed by atoms with E-state index < -0.39 is 5.97 Å². The number of aromatic nitrogens is 1. The van der Waals surface area contributed by atoms with Crippen molar-refractivity contribution in [1.82, 2.24) is 4.98 Å². The monoisotopic (exact) mass is 263 g/mol. The zero-order valence-corrected chi connectivity index (χ0v) is 11.0. The standard InChI is InChI=1S/C13H13NO3S/c1-8-5-10(13(15)16)6-9(2)12(8)17-7-11-14-3-4-18-11/h3-6H,7H2,1-2H3,(H,15,16). The zero-order chi connectivity index (χ0) is 13.1. The van der Waals surface area contributed by atoms with E-state index in [-0.39, 0.29) is 5.56 Å². The van der Waals surface area contributed by atoms with Crippen LogP contribution < -0.4 is 4.74 Å². The molecule has 0 aliphatic carbocycles. The van der Waals surface area contributed by atoms with Crippen LogP contribution in [-0.2, 0) is 6.61 Å². The first-order valence-electron chi connectivity index (χ1n) is 5.43. The van der Waals surface area contributed by atoms with Gasteiger partial charge in [0, 0.05) is 11.6 Å². The van der Waals surface area contributed by atoms with Gasteiger partial charge in [-0.1, -0.05) is 0 Å². The van der Waals surface area contributed by atoms with E-state index in [9.17, 15) is 4.79 Å². The number of carboxylic acids is 1. The van der Waals surface area contributed by atoms with Crippen LogP contribution in [-0.4, -0.2) is 16.1 Å². The van der Waals surface area contributed by atoms with Crippen LogP contribution in [0, 0.1) is 13.8 Å². The van der Waals surface area contributed by atoms with Crippen LogP contribution in [0.1, 0.15) is 26.5 Å². The normalized spacial score (nSPS) is 10.3. The van der Waals surface area contributed by atoms with Crippen LogP contribution in [0.2, 0.25) is 0 Å². The number of aromatic carboxylic acids is 1. The molecule has 0 unspecified atom stereocenters. The second-order valence-electron chi connectivity index (χ2n) is 3.96. The molecule has 1 aromatic carbocycles. The fraction of sp³-hybridized carbons (Fsp3) is 0.231. The maximum atomic E-state index is 10.9. The highest BCUT2D eigenvalue weighted by atomic mass is 32.1. The van der Waals surface area contributed by atoms with Crippen LogP contribution in [0.15, 0.2) is 23.7 Å².